The van der Waals surface area contributed by atoms with Gasteiger partial charge in [0.05, 0.1) is 50.5 Å². The van der Waals surface area contributed by atoms with Gasteiger partial charge >= 0.3 is 6.03 Å². The topological polar surface area (TPSA) is 85.9 Å². The Morgan fingerprint density at radius 2 is 1.93 bits per heavy atom. The highest BCUT2D eigenvalue weighted by Gasteiger charge is 2.18. The smallest absolute Gasteiger partial charge is 0.322 e. The largest absolute Gasteiger partial charge is 0.480 e. The number of benzene rings is 1. The number of carbonyl (C=O) groups excluding carboxylic acids is 1. The van der Waals surface area contributed by atoms with E-state index in [1.807, 2.05) is 12.1 Å². The number of hydrogen-bond acceptors (Lipinski definition) is 5. The third kappa shape index (κ3) is 3.94. The van der Waals surface area contributed by atoms with Gasteiger partial charge in [-0.15, -0.1) is 0 Å². The van der Waals surface area contributed by atoms with Crippen molar-refractivity contribution in [3.05, 3.63) is 60.2 Å². The maximum Gasteiger partial charge on any atom is 0.322 e. The van der Waals surface area contributed by atoms with Gasteiger partial charge in [0.1, 0.15) is 0 Å². The number of carbonyl (C=O) groups is 1. The zero-order valence-electron chi connectivity index (χ0n) is 16.4. The van der Waals surface area contributed by atoms with Crippen LogP contribution >= 0.6 is 0 Å². The quantitative estimate of drug-likeness (QED) is 0.674. The predicted octanol–water partition coefficient (Wildman–Crippen LogP) is 3.36. The molecule has 9 heteroatoms. The first-order chi connectivity index (χ1) is 14.7. The van der Waals surface area contributed by atoms with Crippen molar-refractivity contribution < 1.29 is 14.3 Å². The monoisotopic (exact) mass is 404 g/mol. The van der Waals surface area contributed by atoms with E-state index < -0.39 is 0 Å². The minimum Gasteiger partial charge on any atom is -0.480 e. The van der Waals surface area contributed by atoms with E-state index in [9.17, 15) is 4.79 Å². The summed E-state index contributed by atoms with van der Waals surface area (Å²) in [4.78, 5) is 21.8. The number of aromatic nitrogens is 3. The summed E-state index contributed by atoms with van der Waals surface area (Å²) in [5.74, 6) is 1.09. The van der Waals surface area contributed by atoms with Crippen LogP contribution in [-0.2, 0) is 4.74 Å². The van der Waals surface area contributed by atoms with Gasteiger partial charge in [0, 0.05) is 13.1 Å². The van der Waals surface area contributed by atoms with Gasteiger partial charge in [0.25, 0.3) is 0 Å². The lowest BCUT2D eigenvalue weighted by atomic mass is 10.1. The van der Waals surface area contributed by atoms with E-state index in [-0.39, 0.29) is 6.03 Å². The van der Waals surface area contributed by atoms with Crippen LogP contribution in [0.15, 0.2) is 48.8 Å². The molecule has 3 aromatic rings. The molecule has 1 N–H and O–H groups in total. The second-order valence-corrected chi connectivity index (χ2v) is 6.57. The van der Waals surface area contributed by atoms with Crippen molar-refractivity contribution in [2.24, 2.45) is 0 Å². The average Bonchev–Trinajstić information content (AvgIpc) is 3.24. The van der Waals surface area contributed by atoms with Crippen LogP contribution in [0.25, 0.3) is 21.8 Å². The highest BCUT2D eigenvalue weighted by atomic mass is 16.5. The van der Waals surface area contributed by atoms with Gasteiger partial charge in [0.15, 0.2) is 11.5 Å². The molecule has 0 spiro atoms. The summed E-state index contributed by atoms with van der Waals surface area (Å²) in [5, 5.41) is 7.24. The van der Waals surface area contributed by atoms with Crippen molar-refractivity contribution in [3.8, 4) is 22.8 Å². The lowest BCUT2D eigenvalue weighted by Crippen LogP contribution is -2.43. The van der Waals surface area contributed by atoms with Gasteiger partial charge in [-0.25, -0.2) is 14.6 Å². The zero-order chi connectivity index (χ0) is 20.9. The normalized spacial score (nSPS) is 13.5. The Morgan fingerprint density at radius 1 is 1.17 bits per heavy atom. The fraction of sp³-hybridized carbons (Fsp3) is 0.238. The number of urea groups is 1. The first kappa shape index (κ1) is 19.4. The first-order valence-corrected chi connectivity index (χ1v) is 9.39. The Hall–Kier alpha value is -3.90. The first-order valence-electron chi connectivity index (χ1n) is 9.39. The van der Waals surface area contributed by atoms with Gasteiger partial charge in [-0.1, -0.05) is 24.3 Å². The molecule has 1 saturated heterocycles. The SMILES string of the molecule is [C-]#[N+]c1ccc(-c2cnn(-c3ccc(NC(=O)N4CCOCC4)cn3)c2OC)cc1. The highest BCUT2D eigenvalue weighted by molar-refractivity contribution is 5.89. The van der Waals surface area contributed by atoms with Crippen molar-refractivity contribution in [1.82, 2.24) is 19.7 Å². The number of amides is 2. The molecule has 0 saturated carbocycles. The third-order valence-electron chi connectivity index (χ3n) is 4.74. The highest BCUT2D eigenvalue weighted by Crippen LogP contribution is 2.32. The number of anilines is 1. The Kier molecular flexibility index (Phi) is 5.59. The fourth-order valence-corrected chi connectivity index (χ4v) is 3.16. The zero-order valence-corrected chi connectivity index (χ0v) is 16.4. The van der Waals surface area contributed by atoms with E-state index in [0.717, 1.165) is 11.1 Å². The number of methoxy groups -OCH3 is 1. The lowest BCUT2D eigenvalue weighted by Gasteiger charge is -2.26. The number of nitrogens with one attached hydrogen (secondary N) is 1. The van der Waals surface area contributed by atoms with Gasteiger partial charge in [-0.3, -0.25) is 0 Å². The molecule has 30 heavy (non-hydrogen) atoms. The van der Waals surface area contributed by atoms with E-state index >= 15 is 0 Å². The molecule has 152 valence electrons. The molecule has 4 rings (SSSR count). The number of ether oxygens (including phenoxy) is 2. The van der Waals surface area contributed by atoms with Crippen LogP contribution in [0.1, 0.15) is 0 Å². The average molecular weight is 404 g/mol. The summed E-state index contributed by atoms with van der Waals surface area (Å²) < 4.78 is 12.4. The minimum absolute atomic E-state index is 0.172. The maximum absolute atomic E-state index is 12.3. The van der Waals surface area contributed by atoms with Crippen LogP contribution < -0.4 is 10.1 Å². The molecule has 0 unspecified atom stereocenters. The molecule has 1 aromatic carbocycles. The summed E-state index contributed by atoms with van der Waals surface area (Å²) in [5.41, 5.74) is 2.85. The Bertz CT molecular complexity index is 1060. The third-order valence-corrected chi connectivity index (χ3v) is 4.74. The summed E-state index contributed by atoms with van der Waals surface area (Å²) in [6.45, 7) is 9.31. The maximum atomic E-state index is 12.3. The molecular formula is C21H20N6O3. The second-order valence-electron chi connectivity index (χ2n) is 6.57. The summed E-state index contributed by atoms with van der Waals surface area (Å²) in [6, 6.07) is 10.6. The molecule has 2 amide bonds. The molecule has 0 atom stereocenters. The molecule has 3 heterocycles. The summed E-state index contributed by atoms with van der Waals surface area (Å²) in [7, 11) is 1.57. The second kappa shape index (κ2) is 8.63. The molecule has 9 nitrogen and oxygen atoms in total. The van der Waals surface area contributed by atoms with Crippen LogP contribution in [0.3, 0.4) is 0 Å². The number of hydrogen-bond donors (Lipinski definition) is 1. The standard InChI is InChI=1S/C21H20N6O3/c1-22-16-5-3-15(4-6-16)18-14-24-27(20(18)29-2)19-8-7-17(13-23-19)25-21(28)26-9-11-30-12-10-26/h3-8,13-14H,9-12H2,2H3,(H,25,28). The molecule has 2 aromatic heterocycles. The Balaban J connectivity index is 1.53. The van der Waals surface area contributed by atoms with Gasteiger partial charge in [-0.2, -0.15) is 9.78 Å². The predicted molar refractivity (Wildman–Crippen MR) is 111 cm³/mol. The van der Waals surface area contributed by atoms with Crippen molar-refractivity contribution in [2.75, 3.05) is 38.7 Å². The van der Waals surface area contributed by atoms with Crippen molar-refractivity contribution >= 4 is 17.4 Å². The van der Waals surface area contributed by atoms with E-state index in [1.165, 1.54) is 0 Å². The fourth-order valence-electron chi connectivity index (χ4n) is 3.16. The van der Waals surface area contributed by atoms with Crippen LogP contribution in [0.5, 0.6) is 5.88 Å². The van der Waals surface area contributed by atoms with Crippen LogP contribution in [0, 0.1) is 6.57 Å². The Labute approximate surface area is 173 Å². The number of morpholine rings is 1. The number of rotatable bonds is 4. The number of pyridine rings is 1. The van der Waals surface area contributed by atoms with Gasteiger partial charge < -0.3 is 19.7 Å². The van der Waals surface area contributed by atoms with Crippen molar-refractivity contribution in [2.45, 2.75) is 0 Å². The molecule has 0 aliphatic carbocycles. The van der Waals surface area contributed by atoms with E-state index in [4.69, 9.17) is 16.0 Å². The van der Waals surface area contributed by atoms with Gasteiger partial charge in [-0.05, 0) is 17.7 Å². The van der Waals surface area contributed by atoms with Crippen LogP contribution in [0.4, 0.5) is 16.2 Å². The van der Waals surface area contributed by atoms with Crippen molar-refractivity contribution in [3.63, 3.8) is 0 Å². The minimum atomic E-state index is -0.172. The molecule has 0 radical (unpaired) electrons. The van der Waals surface area contributed by atoms with Gasteiger partial charge in [0.2, 0.25) is 5.88 Å². The van der Waals surface area contributed by atoms with Crippen molar-refractivity contribution in [1.29, 1.82) is 0 Å². The molecular weight excluding hydrogens is 384 g/mol. The molecule has 0 bridgehead atoms. The summed E-state index contributed by atoms with van der Waals surface area (Å²) in [6.07, 6.45) is 3.28. The summed E-state index contributed by atoms with van der Waals surface area (Å²) >= 11 is 0. The van der Waals surface area contributed by atoms with Crippen LogP contribution in [-0.4, -0.2) is 59.1 Å². The molecule has 1 aliphatic rings. The van der Waals surface area contributed by atoms with Crippen LogP contribution in [0.2, 0.25) is 0 Å². The molecule has 1 fully saturated rings. The number of nitrogens with zero attached hydrogens (tertiary/aromatic N) is 5. The molecule has 1 aliphatic heterocycles. The van der Waals surface area contributed by atoms with E-state index in [0.29, 0.717) is 49.4 Å². The lowest BCUT2D eigenvalue weighted by molar-refractivity contribution is 0.0564. The van der Waals surface area contributed by atoms with E-state index in [2.05, 4.69) is 20.2 Å². The Morgan fingerprint density at radius 3 is 2.57 bits per heavy atom. The van der Waals surface area contributed by atoms with E-state index in [1.54, 1.807) is 53.4 Å².